The van der Waals surface area contributed by atoms with E-state index in [4.69, 9.17) is 16.6 Å². The summed E-state index contributed by atoms with van der Waals surface area (Å²) in [6.45, 7) is 2.73. The van der Waals surface area contributed by atoms with Gasteiger partial charge in [0.1, 0.15) is 6.04 Å². The van der Waals surface area contributed by atoms with Gasteiger partial charge in [0, 0.05) is 31.0 Å². The third kappa shape index (κ3) is 6.97. The number of hydrogen-bond acceptors (Lipinski definition) is 8. The van der Waals surface area contributed by atoms with Crippen molar-refractivity contribution in [3.63, 3.8) is 0 Å². The standard InChI is InChI=1S/C22H26N4O6S2/c1-12(27)25-16-7-3-14(4-8-16)19(34-33-11-18(23)20(29)30)22(24,21(31)32)15-5-9-17(10-6-15)26-13(2)28/h3-10,18-19H,11,23-24H2,1-2H3,(H,25,27)(H,26,28)(H,29,30)(H,31,32). The average Bonchev–Trinajstić information content (AvgIpc) is 2.76. The van der Waals surface area contributed by atoms with Crippen LogP contribution in [0.15, 0.2) is 48.5 Å². The van der Waals surface area contributed by atoms with Crippen LogP contribution in [-0.2, 0) is 24.7 Å². The van der Waals surface area contributed by atoms with Crippen molar-refractivity contribution in [2.24, 2.45) is 11.5 Å². The Balaban J connectivity index is 2.46. The molecule has 0 saturated heterocycles. The van der Waals surface area contributed by atoms with Crippen molar-refractivity contribution < 1.29 is 29.4 Å². The predicted octanol–water partition coefficient (Wildman–Crippen LogP) is 2.38. The lowest BCUT2D eigenvalue weighted by Crippen LogP contribution is -2.49. The largest absolute Gasteiger partial charge is 0.480 e. The number of anilines is 2. The molecular weight excluding hydrogens is 480 g/mol. The van der Waals surface area contributed by atoms with E-state index in [0.717, 1.165) is 21.6 Å². The van der Waals surface area contributed by atoms with Crippen LogP contribution in [-0.4, -0.2) is 45.8 Å². The molecule has 0 fully saturated rings. The third-order valence-corrected chi connectivity index (χ3v) is 7.57. The zero-order valence-electron chi connectivity index (χ0n) is 18.5. The van der Waals surface area contributed by atoms with E-state index in [1.165, 1.54) is 26.0 Å². The second-order valence-corrected chi connectivity index (χ2v) is 9.96. The van der Waals surface area contributed by atoms with Gasteiger partial charge in [0.05, 0.1) is 5.25 Å². The number of amides is 2. The van der Waals surface area contributed by atoms with Crippen molar-refractivity contribution in [3.8, 4) is 0 Å². The molecule has 0 aliphatic carbocycles. The Labute approximate surface area is 204 Å². The zero-order valence-corrected chi connectivity index (χ0v) is 20.1. The molecule has 2 aromatic rings. The van der Waals surface area contributed by atoms with E-state index in [0.29, 0.717) is 16.9 Å². The van der Waals surface area contributed by atoms with Gasteiger partial charge in [-0.25, -0.2) is 4.79 Å². The third-order valence-electron chi connectivity index (χ3n) is 4.71. The molecule has 3 atom stereocenters. The number of hydrogen-bond donors (Lipinski definition) is 6. The molecule has 0 saturated carbocycles. The number of nitrogens with two attached hydrogens (primary N) is 2. The van der Waals surface area contributed by atoms with Gasteiger partial charge in [-0.3, -0.25) is 14.4 Å². The van der Waals surface area contributed by atoms with E-state index >= 15 is 0 Å². The Bertz CT molecular complexity index is 1050. The number of carbonyl (C=O) groups is 4. The highest BCUT2D eigenvalue weighted by Gasteiger charge is 2.45. The van der Waals surface area contributed by atoms with Crippen LogP contribution in [0.2, 0.25) is 0 Å². The number of nitrogens with one attached hydrogen (secondary N) is 2. The van der Waals surface area contributed by atoms with Crippen molar-refractivity contribution in [1.29, 1.82) is 0 Å². The summed E-state index contributed by atoms with van der Waals surface area (Å²) in [5.74, 6) is -2.97. The molecule has 0 aromatic heterocycles. The smallest absolute Gasteiger partial charge is 0.329 e. The number of carbonyl (C=O) groups excluding carboxylic acids is 2. The molecule has 2 aromatic carbocycles. The van der Waals surface area contributed by atoms with Crippen molar-refractivity contribution in [2.45, 2.75) is 30.7 Å². The fourth-order valence-electron chi connectivity index (χ4n) is 3.01. The van der Waals surface area contributed by atoms with Crippen LogP contribution in [0.1, 0.15) is 30.2 Å². The first-order valence-corrected chi connectivity index (χ1v) is 12.4. The number of rotatable bonds is 11. The molecule has 0 bridgehead atoms. The first kappa shape index (κ1) is 27.2. The van der Waals surface area contributed by atoms with Crippen LogP contribution in [0.25, 0.3) is 0 Å². The molecule has 0 aliphatic rings. The molecular formula is C22H26N4O6S2. The Morgan fingerprint density at radius 3 is 1.79 bits per heavy atom. The minimum Gasteiger partial charge on any atom is -0.480 e. The fraction of sp³-hybridized carbons (Fsp3) is 0.273. The summed E-state index contributed by atoms with van der Waals surface area (Å²) in [5, 5.41) is 23.6. The molecule has 0 heterocycles. The van der Waals surface area contributed by atoms with E-state index in [2.05, 4.69) is 10.6 Å². The van der Waals surface area contributed by atoms with E-state index in [9.17, 15) is 24.3 Å². The Morgan fingerprint density at radius 1 is 0.912 bits per heavy atom. The number of aliphatic carboxylic acids is 2. The van der Waals surface area contributed by atoms with E-state index < -0.39 is 28.8 Å². The lowest BCUT2D eigenvalue weighted by molar-refractivity contribution is -0.144. The maximum atomic E-state index is 12.5. The molecule has 34 heavy (non-hydrogen) atoms. The Hall–Kier alpha value is -3.06. The van der Waals surface area contributed by atoms with E-state index in [-0.39, 0.29) is 23.1 Å². The summed E-state index contributed by atoms with van der Waals surface area (Å²) in [7, 11) is 2.19. The molecule has 10 nitrogen and oxygen atoms in total. The SMILES string of the molecule is CC(=O)Nc1ccc(C(SSCC(N)C(=O)O)C(N)(C(=O)O)c2ccc(NC(C)=O)cc2)cc1. The quantitative estimate of drug-likeness (QED) is 0.247. The normalized spacial score (nSPS) is 14.4. The number of carboxylic acid groups (broad SMARTS) is 2. The van der Waals surface area contributed by atoms with Gasteiger partial charge in [0.25, 0.3) is 0 Å². The summed E-state index contributed by atoms with van der Waals surface area (Å²) in [5.41, 5.74) is 12.0. The van der Waals surface area contributed by atoms with Crippen LogP contribution in [0.3, 0.4) is 0 Å². The first-order chi connectivity index (χ1) is 15.9. The second kappa shape index (κ2) is 11.9. The van der Waals surface area contributed by atoms with Gasteiger partial charge < -0.3 is 32.3 Å². The average molecular weight is 507 g/mol. The first-order valence-electron chi connectivity index (χ1n) is 9.99. The molecule has 12 heteroatoms. The zero-order chi connectivity index (χ0) is 25.5. The Kier molecular flexibility index (Phi) is 9.50. The number of benzene rings is 2. The van der Waals surface area contributed by atoms with Crippen molar-refractivity contribution in [2.75, 3.05) is 16.4 Å². The summed E-state index contributed by atoms with van der Waals surface area (Å²) >= 11 is 0. The summed E-state index contributed by atoms with van der Waals surface area (Å²) in [4.78, 5) is 46.2. The van der Waals surface area contributed by atoms with Crippen molar-refractivity contribution in [1.82, 2.24) is 0 Å². The van der Waals surface area contributed by atoms with E-state index in [1.807, 2.05) is 0 Å². The lowest BCUT2D eigenvalue weighted by atomic mass is 9.84. The van der Waals surface area contributed by atoms with Gasteiger partial charge in [-0.1, -0.05) is 45.9 Å². The van der Waals surface area contributed by atoms with Gasteiger partial charge in [-0.2, -0.15) is 0 Å². The van der Waals surface area contributed by atoms with Gasteiger partial charge in [-0.15, -0.1) is 0 Å². The van der Waals surface area contributed by atoms with Crippen molar-refractivity contribution in [3.05, 3.63) is 59.7 Å². The van der Waals surface area contributed by atoms with Gasteiger partial charge in [0.2, 0.25) is 11.8 Å². The van der Waals surface area contributed by atoms with Crippen LogP contribution in [0, 0.1) is 0 Å². The van der Waals surface area contributed by atoms with Gasteiger partial charge in [0.15, 0.2) is 5.54 Å². The van der Waals surface area contributed by atoms with Gasteiger partial charge in [-0.05, 0) is 35.4 Å². The summed E-state index contributed by atoms with van der Waals surface area (Å²) < 4.78 is 0. The van der Waals surface area contributed by atoms with Crippen LogP contribution in [0.4, 0.5) is 11.4 Å². The molecule has 8 N–H and O–H groups in total. The molecule has 2 rings (SSSR count). The van der Waals surface area contributed by atoms with Gasteiger partial charge >= 0.3 is 11.9 Å². The lowest BCUT2D eigenvalue weighted by Gasteiger charge is -2.34. The Morgan fingerprint density at radius 2 is 1.38 bits per heavy atom. The molecule has 0 spiro atoms. The molecule has 0 radical (unpaired) electrons. The molecule has 0 aliphatic heterocycles. The minimum absolute atomic E-state index is 0.0254. The maximum absolute atomic E-state index is 12.5. The minimum atomic E-state index is -1.92. The second-order valence-electron chi connectivity index (χ2n) is 7.44. The number of carboxylic acids is 2. The summed E-state index contributed by atoms with van der Waals surface area (Å²) in [6, 6.07) is 11.6. The monoisotopic (exact) mass is 506 g/mol. The van der Waals surface area contributed by atoms with E-state index in [1.54, 1.807) is 36.4 Å². The highest BCUT2D eigenvalue weighted by molar-refractivity contribution is 8.76. The maximum Gasteiger partial charge on any atom is 0.329 e. The highest BCUT2D eigenvalue weighted by atomic mass is 33.1. The predicted molar refractivity (Wildman–Crippen MR) is 133 cm³/mol. The topological polar surface area (TPSA) is 185 Å². The molecule has 182 valence electrons. The van der Waals surface area contributed by atoms with Crippen molar-refractivity contribution >= 4 is 56.7 Å². The fourth-order valence-corrected chi connectivity index (χ4v) is 6.04. The van der Waals surface area contributed by atoms with Crippen LogP contribution in [0.5, 0.6) is 0 Å². The summed E-state index contributed by atoms with van der Waals surface area (Å²) in [6.07, 6.45) is 0. The molecule has 2 amide bonds. The highest BCUT2D eigenvalue weighted by Crippen LogP contribution is 2.49. The molecule has 3 unspecified atom stereocenters. The van der Waals surface area contributed by atoms with Crippen LogP contribution < -0.4 is 22.1 Å². The van der Waals surface area contributed by atoms with Crippen LogP contribution >= 0.6 is 21.6 Å².